The summed E-state index contributed by atoms with van der Waals surface area (Å²) in [5, 5.41) is 14.1. The molecule has 0 aromatic heterocycles. The fourth-order valence-corrected chi connectivity index (χ4v) is 1.36. The van der Waals surface area contributed by atoms with E-state index in [4.69, 9.17) is 10.00 Å². The fourth-order valence-electron chi connectivity index (χ4n) is 1.36. The molecule has 2 N–H and O–H groups in total. The Labute approximate surface area is 107 Å². The molecule has 0 radical (unpaired) electrons. The van der Waals surface area contributed by atoms with Gasteiger partial charge >= 0.3 is 6.03 Å². The van der Waals surface area contributed by atoms with E-state index in [0.717, 1.165) is 0 Å². The maximum absolute atomic E-state index is 11.7. The van der Waals surface area contributed by atoms with Crippen LogP contribution in [-0.4, -0.2) is 19.2 Å². The highest BCUT2D eigenvalue weighted by Crippen LogP contribution is 2.16. The molecule has 0 aliphatic rings. The van der Waals surface area contributed by atoms with Gasteiger partial charge in [-0.05, 0) is 18.1 Å². The standard InChI is InChI=1S/C13H17N3O2/c1-9(2)12(8-14)16-13(17)15-10-5-4-6-11(7-10)18-3/h4-7,9,12H,1-3H3,(H2,15,16,17). The summed E-state index contributed by atoms with van der Waals surface area (Å²) in [5.74, 6) is 0.722. The van der Waals surface area contributed by atoms with E-state index in [9.17, 15) is 4.79 Å². The molecule has 1 aromatic rings. The molecule has 1 rings (SSSR count). The van der Waals surface area contributed by atoms with Crippen molar-refractivity contribution in [2.75, 3.05) is 12.4 Å². The molecule has 0 spiro atoms. The first kappa shape index (κ1) is 13.8. The van der Waals surface area contributed by atoms with E-state index < -0.39 is 12.1 Å². The van der Waals surface area contributed by atoms with Gasteiger partial charge in [-0.25, -0.2) is 4.79 Å². The molecule has 0 bridgehead atoms. The third kappa shape index (κ3) is 3.98. The molecule has 0 saturated heterocycles. The average molecular weight is 247 g/mol. The molecule has 0 heterocycles. The first-order valence-corrected chi connectivity index (χ1v) is 5.68. The first-order chi connectivity index (χ1) is 8.56. The highest BCUT2D eigenvalue weighted by molar-refractivity contribution is 5.89. The molecule has 0 aliphatic carbocycles. The molecule has 0 saturated carbocycles. The van der Waals surface area contributed by atoms with Crippen LogP contribution in [0.25, 0.3) is 0 Å². The minimum Gasteiger partial charge on any atom is -0.497 e. The van der Waals surface area contributed by atoms with Crippen LogP contribution in [0.2, 0.25) is 0 Å². The molecule has 96 valence electrons. The third-order valence-electron chi connectivity index (χ3n) is 2.42. The molecule has 1 unspecified atom stereocenters. The van der Waals surface area contributed by atoms with Crippen molar-refractivity contribution in [2.24, 2.45) is 5.92 Å². The van der Waals surface area contributed by atoms with E-state index in [1.165, 1.54) is 0 Å². The van der Waals surface area contributed by atoms with Gasteiger partial charge in [0.05, 0.1) is 13.2 Å². The predicted octanol–water partition coefficient (Wildman–Crippen LogP) is 2.36. The average Bonchev–Trinajstić information content (AvgIpc) is 2.35. The van der Waals surface area contributed by atoms with Crippen LogP contribution in [0, 0.1) is 17.2 Å². The van der Waals surface area contributed by atoms with E-state index in [1.807, 2.05) is 19.9 Å². The first-order valence-electron chi connectivity index (χ1n) is 5.68. The van der Waals surface area contributed by atoms with Crippen LogP contribution in [0.1, 0.15) is 13.8 Å². The van der Waals surface area contributed by atoms with E-state index in [1.54, 1.807) is 31.4 Å². The summed E-state index contributed by atoms with van der Waals surface area (Å²) < 4.78 is 5.05. The van der Waals surface area contributed by atoms with Crippen LogP contribution < -0.4 is 15.4 Å². The van der Waals surface area contributed by atoms with Gasteiger partial charge in [0.1, 0.15) is 11.8 Å². The van der Waals surface area contributed by atoms with Crippen molar-refractivity contribution in [1.29, 1.82) is 5.26 Å². The van der Waals surface area contributed by atoms with Gasteiger partial charge in [0.15, 0.2) is 0 Å². The number of urea groups is 1. The predicted molar refractivity (Wildman–Crippen MR) is 69.4 cm³/mol. The van der Waals surface area contributed by atoms with Crippen molar-refractivity contribution in [3.8, 4) is 11.8 Å². The number of ether oxygens (including phenoxy) is 1. The Balaban J connectivity index is 2.62. The maximum atomic E-state index is 11.7. The summed E-state index contributed by atoms with van der Waals surface area (Å²) in [6, 6.07) is 8.16. The lowest BCUT2D eigenvalue weighted by Crippen LogP contribution is -2.40. The number of methoxy groups -OCH3 is 1. The number of hydrogen-bond donors (Lipinski definition) is 2. The van der Waals surface area contributed by atoms with E-state index in [2.05, 4.69) is 10.6 Å². The summed E-state index contributed by atoms with van der Waals surface area (Å²) in [4.78, 5) is 11.7. The van der Waals surface area contributed by atoms with Crippen LogP contribution in [-0.2, 0) is 0 Å². The zero-order valence-electron chi connectivity index (χ0n) is 10.7. The summed E-state index contributed by atoms with van der Waals surface area (Å²) in [7, 11) is 1.56. The molecule has 1 aromatic carbocycles. The van der Waals surface area contributed by atoms with Crippen LogP contribution >= 0.6 is 0 Å². The molecule has 18 heavy (non-hydrogen) atoms. The number of carbonyl (C=O) groups is 1. The smallest absolute Gasteiger partial charge is 0.320 e. The number of benzene rings is 1. The molecule has 5 heteroatoms. The van der Waals surface area contributed by atoms with Gasteiger partial charge < -0.3 is 15.4 Å². The Bertz CT molecular complexity index is 452. The quantitative estimate of drug-likeness (QED) is 0.857. The molecule has 0 aliphatic heterocycles. The number of amides is 2. The van der Waals surface area contributed by atoms with Gasteiger partial charge in [-0.1, -0.05) is 19.9 Å². The maximum Gasteiger partial charge on any atom is 0.320 e. The Hall–Kier alpha value is -2.22. The van der Waals surface area contributed by atoms with E-state index in [-0.39, 0.29) is 5.92 Å². The second-order valence-corrected chi connectivity index (χ2v) is 4.18. The van der Waals surface area contributed by atoms with Crippen LogP contribution in [0.3, 0.4) is 0 Å². The zero-order chi connectivity index (χ0) is 13.5. The van der Waals surface area contributed by atoms with Crippen molar-refractivity contribution in [2.45, 2.75) is 19.9 Å². The highest BCUT2D eigenvalue weighted by atomic mass is 16.5. The number of carbonyl (C=O) groups excluding carboxylic acids is 1. The summed E-state index contributed by atoms with van der Waals surface area (Å²) in [6.07, 6.45) is 0. The largest absolute Gasteiger partial charge is 0.497 e. The fraction of sp³-hybridized carbons (Fsp3) is 0.385. The minimum atomic E-state index is -0.504. The van der Waals surface area contributed by atoms with Gasteiger partial charge in [-0.2, -0.15) is 5.26 Å². The molecule has 1 atom stereocenters. The Morgan fingerprint density at radius 1 is 1.44 bits per heavy atom. The molecular formula is C13H17N3O2. The van der Waals surface area contributed by atoms with Gasteiger partial charge in [0.2, 0.25) is 0 Å². The Kier molecular flexibility index (Phi) is 5.00. The van der Waals surface area contributed by atoms with E-state index >= 15 is 0 Å². The lowest BCUT2D eigenvalue weighted by Gasteiger charge is -2.15. The van der Waals surface area contributed by atoms with Crippen LogP contribution in [0.4, 0.5) is 10.5 Å². The summed E-state index contributed by atoms with van der Waals surface area (Å²) in [5.41, 5.74) is 0.618. The van der Waals surface area contributed by atoms with Crippen molar-refractivity contribution in [1.82, 2.24) is 5.32 Å². The van der Waals surface area contributed by atoms with Crippen molar-refractivity contribution >= 4 is 11.7 Å². The number of anilines is 1. The normalized spacial score (nSPS) is 11.5. The van der Waals surface area contributed by atoms with Gasteiger partial charge in [-0.15, -0.1) is 0 Å². The second-order valence-electron chi connectivity index (χ2n) is 4.18. The van der Waals surface area contributed by atoms with Crippen molar-refractivity contribution in [3.63, 3.8) is 0 Å². The highest BCUT2D eigenvalue weighted by Gasteiger charge is 2.14. The van der Waals surface area contributed by atoms with Crippen LogP contribution in [0.15, 0.2) is 24.3 Å². The Morgan fingerprint density at radius 3 is 2.72 bits per heavy atom. The molecule has 2 amide bonds. The lowest BCUT2D eigenvalue weighted by atomic mass is 10.1. The lowest BCUT2D eigenvalue weighted by molar-refractivity contribution is 0.248. The topological polar surface area (TPSA) is 74.2 Å². The second kappa shape index (κ2) is 6.50. The molecule has 5 nitrogen and oxygen atoms in total. The van der Waals surface area contributed by atoms with Gasteiger partial charge in [-0.3, -0.25) is 0 Å². The van der Waals surface area contributed by atoms with Gasteiger partial charge in [0.25, 0.3) is 0 Å². The van der Waals surface area contributed by atoms with E-state index in [0.29, 0.717) is 11.4 Å². The number of rotatable bonds is 4. The van der Waals surface area contributed by atoms with Crippen molar-refractivity contribution in [3.05, 3.63) is 24.3 Å². The Morgan fingerprint density at radius 2 is 2.17 bits per heavy atom. The zero-order valence-corrected chi connectivity index (χ0v) is 10.7. The monoisotopic (exact) mass is 247 g/mol. The SMILES string of the molecule is COc1cccc(NC(=O)NC(C#N)C(C)C)c1. The van der Waals surface area contributed by atoms with Gasteiger partial charge in [0, 0.05) is 11.8 Å². The number of nitrogens with one attached hydrogen (secondary N) is 2. The van der Waals surface area contributed by atoms with Crippen molar-refractivity contribution < 1.29 is 9.53 Å². The number of nitrogens with zero attached hydrogens (tertiary/aromatic N) is 1. The number of nitriles is 1. The minimum absolute atomic E-state index is 0.0612. The molecular weight excluding hydrogens is 230 g/mol. The molecule has 0 fully saturated rings. The number of hydrogen-bond acceptors (Lipinski definition) is 3. The summed E-state index contributed by atoms with van der Waals surface area (Å²) in [6.45, 7) is 3.75. The summed E-state index contributed by atoms with van der Waals surface area (Å²) >= 11 is 0. The van der Waals surface area contributed by atoms with Crippen LogP contribution in [0.5, 0.6) is 5.75 Å². The third-order valence-corrected chi connectivity index (χ3v) is 2.42.